The molecule has 1 fully saturated rings. The van der Waals surface area contributed by atoms with Crippen LogP contribution in [-0.4, -0.2) is 40.1 Å². The monoisotopic (exact) mass is 224 g/mol. The van der Waals surface area contributed by atoms with Crippen molar-refractivity contribution < 1.29 is 14.3 Å². The summed E-state index contributed by atoms with van der Waals surface area (Å²) in [4.78, 5) is 17.1. The molecule has 0 aliphatic heterocycles. The molecule has 1 saturated carbocycles. The highest BCUT2D eigenvalue weighted by molar-refractivity contribution is 5.94. The number of rotatable bonds is 4. The van der Waals surface area contributed by atoms with Crippen molar-refractivity contribution in [3.05, 3.63) is 29.8 Å². The summed E-state index contributed by atoms with van der Waals surface area (Å²) in [5.74, 6) is -0.979. The number of hydrogen-bond acceptors (Lipinski definition) is 3. The molecule has 0 saturated heterocycles. The van der Waals surface area contributed by atoms with E-state index >= 15 is 0 Å². The van der Waals surface area contributed by atoms with Crippen LogP contribution in [-0.2, 0) is 0 Å². The number of aliphatic hydroxyl groups is 1. The molecule has 1 aliphatic rings. The third kappa shape index (κ3) is 2.19. The smallest absolute Gasteiger partial charge is 0.257 e. The normalized spacial score (nSPS) is 14.9. The Morgan fingerprint density at radius 3 is 2.94 bits per heavy atom. The van der Waals surface area contributed by atoms with Crippen molar-refractivity contribution in [1.29, 1.82) is 0 Å². The first-order chi connectivity index (χ1) is 7.74. The van der Waals surface area contributed by atoms with Crippen molar-refractivity contribution in [3.8, 4) is 0 Å². The van der Waals surface area contributed by atoms with Gasteiger partial charge in [-0.25, -0.2) is 4.39 Å². The second kappa shape index (κ2) is 4.57. The summed E-state index contributed by atoms with van der Waals surface area (Å²) in [5.41, 5.74) is 0.0235. The van der Waals surface area contributed by atoms with Gasteiger partial charge in [0, 0.05) is 18.8 Å². The van der Waals surface area contributed by atoms with Gasteiger partial charge < -0.3 is 10.0 Å². The predicted molar refractivity (Wildman–Crippen MR) is 55.3 cm³/mol. The first kappa shape index (κ1) is 11.0. The molecule has 0 atom stereocenters. The molecule has 86 valence electrons. The molecule has 2 rings (SSSR count). The van der Waals surface area contributed by atoms with E-state index in [9.17, 15) is 9.18 Å². The van der Waals surface area contributed by atoms with Crippen molar-refractivity contribution >= 4 is 5.91 Å². The number of hydrogen-bond donors (Lipinski definition) is 1. The molecule has 1 amide bonds. The van der Waals surface area contributed by atoms with E-state index in [0.29, 0.717) is 0 Å². The topological polar surface area (TPSA) is 53.4 Å². The van der Waals surface area contributed by atoms with Crippen molar-refractivity contribution in [2.45, 2.75) is 18.9 Å². The summed E-state index contributed by atoms with van der Waals surface area (Å²) < 4.78 is 13.4. The highest BCUT2D eigenvalue weighted by Gasteiger charge is 2.33. The molecular weight excluding hydrogens is 211 g/mol. The van der Waals surface area contributed by atoms with Gasteiger partial charge in [0.2, 0.25) is 0 Å². The van der Waals surface area contributed by atoms with Gasteiger partial charge in [-0.2, -0.15) is 0 Å². The zero-order valence-electron chi connectivity index (χ0n) is 8.77. The van der Waals surface area contributed by atoms with Crippen molar-refractivity contribution in [1.82, 2.24) is 9.88 Å². The number of nitrogens with zero attached hydrogens (tertiary/aromatic N) is 2. The zero-order valence-corrected chi connectivity index (χ0v) is 8.77. The lowest BCUT2D eigenvalue weighted by molar-refractivity contribution is 0.0702. The van der Waals surface area contributed by atoms with Gasteiger partial charge in [0.1, 0.15) is 0 Å². The Hall–Kier alpha value is -1.49. The molecular formula is C11H13FN2O2. The van der Waals surface area contributed by atoms with Crippen LogP contribution in [0.25, 0.3) is 0 Å². The number of carbonyl (C=O) groups is 1. The van der Waals surface area contributed by atoms with Crippen LogP contribution in [0.3, 0.4) is 0 Å². The summed E-state index contributed by atoms with van der Waals surface area (Å²) in [6.45, 7) is 0.153. The molecule has 1 aliphatic carbocycles. The standard InChI is InChI=1S/C11H13FN2O2/c12-10-7-13-4-3-9(10)11(16)14(5-6-15)8-1-2-8/h3-4,7-8,15H,1-2,5-6H2. The van der Waals surface area contributed by atoms with Gasteiger partial charge in [0.25, 0.3) is 5.91 Å². The lowest BCUT2D eigenvalue weighted by Crippen LogP contribution is -2.36. The molecule has 16 heavy (non-hydrogen) atoms. The largest absolute Gasteiger partial charge is 0.395 e. The quantitative estimate of drug-likeness (QED) is 0.823. The lowest BCUT2D eigenvalue weighted by Gasteiger charge is -2.21. The maximum Gasteiger partial charge on any atom is 0.257 e. The zero-order chi connectivity index (χ0) is 11.5. The summed E-state index contributed by atoms with van der Waals surface area (Å²) in [5, 5.41) is 8.88. The molecule has 1 aromatic heterocycles. The third-order valence-corrected chi connectivity index (χ3v) is 2.59. The van der Waals surface area contributed by atoms with Crippen molar-refractivity contribution in [3.63, 3.8) is 0 Å². The number of aromatic nitrogens is 1. The fourth-order valence-electron chi connectivity index (χ4n) is 1.65. The average Bonchev–Trinajstić information content (AvgIpc) is 3.09. The van der Waals surface area contributed by atoms with Crippen LogP contribution in [0, 0.1) is 5.82 Å². The van der Waals surface area contributed by atoms with Crippen LogP contribution in [0.15, 0.2) is 18.5 Å². The highest BCUT2D eigenvalue weighted by atomic mass is 19.1. The van der Waals surface area contributed by atoms with Gasteiger partial charge in [-0.15, -0.1) is 0 Å². The van der Waals surface area contributed by atoms with Gasteiger partial charge in [-0.1, -0.05) is 0 Å². The van der Waals surface area contributed by atoms with E-state index in [0.717, 1.165) is 19.0 Å². The van der Waals surface area contributed by atoms with E-state index < -0.39 is 5.82 Å². The Labute approximate surface area is 92.7 Å². The summed E-state index contributed by atoms with van der Waals surface area (Å²) >= 11 is 0. The van der Waals surface area contributed by atoms with Crippen LogP contribution >= 0.6 is 0 Å². The summed E-state index contributed by atoms with van der Waals surface area (Å²) in [7, 11) is 0. The van der Waals surface area contributed by atoms with E-state index in [1.165, 1.54) is 17.2 Å². The van der Waals surface area contributed by atoms with E-state index in [-0.39, 0.29) is 30.7 Å². The Balaban J connectivity index is 2.19. The molecule has 1 heterocycles. The van der Waals surface area contributed by atoms with Gasteiger partial charge in [-0.05, 0) is 18.9 Å². The Kier molecular flexibility index (Phi) is 3.14. The lowest BCUT2D eigenvalue weighted by atomic mass is 10.2. The Morgan fingerprint density at radius 2 is 2.38 bits per heavy atom. The summed E-state index contributed by atoms with van der Waals surface area (Å²) in [6, 6.07) is 1.52. The van der Waals surface area contributed by atoms with Gasteiger partial charge in [0.05, 0.1) is 18.4 Å². The van der Waals surface area contributed by atoms with E-state index in [4.69, 9.17) is 5.11 Å². The molecule has 0 bridgehead atoms. The molecule has 1 N–H and O–H groups in total. The van der Waals surface area contributed by atoms with E-state index in [2.05, 4.69) is 4.98 Å². The first-order valence-corrected chi connectivity index (χ1v) is 5.25. The van der Waals surface area contributed by atoms with Crippen LogP contribution in [0.1, 0.15) is 23.2 Å². The SMILES string of the molecule is O=C(c1ccncc1F)N(CCO)C1CC1. The predicted octanol–water partition coefficient (Wildman–Crippen LogP) is 0.818. The molecule has 0 spiro atoms. The van der Waals surface area contributed by atoms with Crippen LogP contribution in [0.2, 0.25) is 0 Å². The minimum Gasteiger partial charge on any atom is -0.395 e. The fourth-order valence-corrected chi connectivity index (χ4v) is 1.65. The molecule has 5 heteroatoms. The number of aliphatic hydroxyl groups excluding tert-OH is 1. The van der Waals surface area contributed by atoms with Gasteiger partial charge >= 0.3 is 0 Å². The van der Waals surface area contributed by atoms with E-state index in [1.54, 1.807) is 0 Å². The molecule has 1 aromatic rings. The Bertz CT molecular complexity index is 393. The number of pyridine rings is 1. The van der Waals surface area contributed by atoms with Gasteiger partial charge in [0.15, 0.2) is 5.82 Å². The van der Waals surface area contributed by atoms with Crippen molar-refractivity contribution in [2.75, 3.05) is 13.2 Å². The minimum atomic E-state index is -0.615. The fraction of sp³-hybridized carbons (Fsp3) is 0.455. The number of carbonyl (C=O) groups excluding carboxylic acids is 1. The second-order valence-electron chi connectivity index (χ2n) is 3.81. The highest BCUT2D eigenvalue weighted by Crippen LogP contribution is 2.28. The van der Waals surface area contributed by atoms with Crippen LogP contribution in [0.5, 0.6) is 0 Å². The Morgan fingerprint density at radius 1 is 1.62 bits per heavy atom. The van der Waals surface area contributed by atoms with E-state index in [1.807, 2.05) is 0 Å². The van der Waals surface area contributed by atoms with Crippen LogP contribution in [0.4, 0.5) is 4.39 Å². The maximum atomic E-state index is 13.4. The first-order valence-electron chi connectivity index (χ1n) is 5.25. The molecule has 0 radical (unpaired) electrons. The molecule has 0 unspecified atom stereocenters. The van der Waals surface area contributed by atoms with Crippen LogP contribution < -0.4 is 0 Å². The van der Waals surface area contributed by atoms with Crippen molar-refractivity contribution in [2.24, 2.45) is 0 Å². The molecule has 4 nitrogen and oxygen atoms in total. The molecule has 0 aromatic carbocycles. The third-order valence-electron chi connectivity index (χ3n) is 2.59. The maximum absolute atomic E-state index is 13.4. The van der Waals surface area contributed by atoms with Gasteiger partial charge in [-0.3, -0.25) is 9.78 Å². The second-order valence-corrected chi connectivity index (χ2v) is 3.81. The minimum absolute atomic E-state index is 0.0235. The average molecular weight is 224 g/mol. The number of amides is 1. The summed E-state index contributed by atoms with van der Waals surface area (Å²) in [6.07, 6.45) is 4.27. The number of halogens is 1.